The number of anilines is 3. The molecule has 0 radical (unpaired) electrons. The van der Waals surface area contributed by atoms with Gasteiger partial charge in [-0.05, 0) is 48.5 Å². The van der Waals surface area contributed by atoms with Gasteiger partial charge in [-0.3, -0.25) is 0 Å². The summed E-state index contributed by atoms with van der Waals surface area (Å²) in [4.78, 5) is 3.95. The van der Waals surface area contributed by atoms with Crippen LogP contribution in [0.1, 0.15) is 0 Å². The van der Waals surface area contributed by atoms with Gasteiger partial charge < -0.3 is 22.5 Å². The molecule has 0 heterocycles. The Labute approximate surface area is 130 Å². The molecule has 20 heavy (non-hydrogen) atoms. The van der Waals surface area contributed by atoms with Crippen molar-refractivity contribution < 1.29 is 0 Å². The minimum atomic E-state index is 0. The van der Waals surface area contributed by atoms with E-state index in [0.29, 0.717) is 0 Å². The topological polar surface area (TPSA) is 102 Å². The van der Waals surface area contributed by atoms with Gasteiger partial charge >= 0.3 is 0 Å². The number of hydrogen-bond donors (Lipinski definition) is 4. The molecule has 0 aliphatic rings. The molecule has 0 atom stereocenters. The molecule has 0 saturated carbocycles. The molecule has 0 unspecified atom stereocenters. The van der Waals surface area contributed by atoms with Crippen LogP contribution in [0.25, 0.3) is 0 Å². The molecule has 7 N–H and O–H groups in total. The first-order valence-corrected chi connectivity index (χ1v) is 5.46. The first-order chi connectivity index (χ1) is 8.63. The first kappa shape index (κ1) is 17.9. The minimum Gasteiger partial charge on any atom is -0.399 e. The zero-order valence-electron chi connectivity index (χ0n) is 10.6. The summed E-state index contributed by atoms with van der Waals surface area (Å²) in [6, 6.07) is 15.0. The molecular weight excluding hydrogens is 297 g/mol. The van der Waals surface area contributed by atoms with E-state index in [4.69, 9.17) is 17.2 Å². The zero-order chi connectivity index (χ0) is 13.0. The van der Waals surface area contributed by atoms with Gasteiger partial charge in [-0.25, -0.2) is 4.99 Å². The van der Waals surface area contributed by atoms with Crippen molar-refractivity contribution in [2.75, 3.05) is 11.1 Å². The van der Waals surface area contributed by atoms with E-state index in [-0.39, 0.29) is 30.8 Å². The van der Waals surface area contributed by atoms with E-state index in [1.165, 1.54) is 0 Å². The number of halogens is 2. The molecule has 0 aliphatic carbocycles. The number of aliphatic imine (C=N–C) groups is 1. The lowest BCUT2D eigenvalue weighted by Crippen LogP contribution is -2.21. The lowest BCUT2D eigenvalue weighted by molar-refractivity contribution is 1.42. The molecule has 0 aliphatic heterocycles. The van der Waals surface area contributed by atoms with Crippen LogP contribution in [0, 0.1) is 0 Å². The molecule has 0 saturated heterocycles. The molecule has 0 bridgehead atoms. The van der Waals surface area contributed by atoms with Crippen molar-refractivity contribution in [1.29, 1.82) is 0 Å². The third-order valence-electron chi connectivity index (χ3n) is 2.32. The predicted octanol–water partition coefficient (Wildman–Crippen LogP) is 2.76. The van der Waals surface area contributed by atoms with Gasteiger partial charge in [-0.1, -0.05) is 0 Å². The van der Waals surface area contributed by atoms with Crippen molar-refractivity contribution in [2.45, 2.75) is 0 Å². The van der Waals surface area contributed by atoms with E-state index < -0.39 is 0 Å². The van der Waals surface area contributed by atoms with Crippen LogP contribution in [0.5, 0.6) is 0 Å². The van der Waals surface area contributed by atoms with E-state index in [1.807, 2.05) is 48.5 Å². The summed E-state index contributed by atoms with van der Waals surface area (Å²) in [5.74, 6) is 0.0502. The molecule has 0 aromatic heterocycles. The Morgan fingerprint density at radius 1 is 0.800 bits per heavy atom. The van der Waals surface area contributed by atoms with Crippen LogP contribution in [-0.4, -0.2) is 5.96 Å². The van der Waals surface area contributed by atoms with Crippen molar-refractivity contribution in [3.8, 4) is 0 Å². The van der Waals surface area contributed by atoms with E-state index in [9.17, 15) is 0 Å². The maximum atomic E-state index is 5.62. The quantitative estimate of drug-likeness (QED) is 0.397. The summed E-state index contributed by atoms with van der Waals surface area (Å²) in [5.41, 5.74) is 19.6. The average molecular weight is 314 g/mol. The Balaban J connectivity index is 0.00000180. The monoisotopic (exact) mass is 313 g/mol. The fourth-order valence-electron chi connectivity index (χ4n) is 1.50. The average Bonchev–Trinajstić information content (AvgIpc) is 2.34. The van der Waals surface area contributed by atoms with Crippen molar-refractivity contribution in [3.63, 3.8) is 0 Å². The van der Waals surface area contributed by atoms with Crippen molar-refractivity contribution in [2.24, 2.45) is 16.5 Å². The van der Waals surface area contributed by atoms with E-state index >= 15 is 0 Å². The molecule has 0 amide bonds. The molecule has 2 aromatic rings. The van der Waals surface area contributed by atoms with Gasteiger partial charge in [0.2, 0.25) is 0 Å². The highest BCUT2D eigenvalue weighted by Crippen LogP contribution is 2.20. The largest absolute Gasteiger partial charge is 0.399 e. The number of nitrogens with two attached hydrogens (primary N) is 3. The standard InChI is InChI=1S/C13H15N5.2ClH/c14-9-1-3-10(4-2-9)17-11-5-7-12(8-6-11)18-13(15)16;;/h1-8,17H,14H2,(H4,15,16,18);2*1H. The first-order valence-electron chi connectivity index (χ1n) is 5.46. The molecule has 108 valence electrons. The molecular formula is C13H17Cl2N5. The van der Waals surface area contributed by atoms with Gasteiger partial charge in [0.25, 0.3) is 0 Å². The normalized spacial score (nSPS) is 8.80. The van der Waals surface area contributed by atoms with Crippen molar-refractivity contribution >= 4 is 53.5 Å². The summed E-state index contributed by atoms with van der Waals surface area (Å²) in [5, 5.41) is 3.25. The van der Waals surface area contributed by atoms with Crippen LogP contribution in [0.4, 0.5) is 22.7 Å². The third-order valence-corrected chi connectivity index (χ3v) is 2.32. The predicted molar refractivity (Wildman–Crippen MR) is 90.5 cm³/mol. The van der Waals surface area contributed by atoms with E-state index in [0.717, 1.165) is 22.7 Å². The molecule has 0 spiro atoms. The maximum absolute atomic E-state index is 5.62. The minimum absolute atomic E-state index is 0. The van der Waals surface area contributed by atoms with E-state index in [1.54, 1.807) is 0 Å². The summed E-state index contributed by atoms with van der Waals surface area (Å²) < 4.78 is 0. The van der Waals surface area contributed by atoms with Crippen LogP contribution in [0.3, 0.4) is 0 Å². The Hall–Kier alpha value is -2.11. The summed E-state index contributed by atoms with van der Waals surface area (Å²) >= 11 is 0. The van der Waals surface area contributed by atoms with Crippen LogP contribution < -0.4 is 22.5 Å². The SMILES string of the molecule is Cl.Cl.NC(N)=Nc1ccc(Nc2ccc(N)cc2)cc1. The molecule has 2 aromatic carbocycles. The highest BCUT2D eigenvalue weighted by atomic mass is 35.5. The summed E-state index contributed by atoms with van der Waals surface area (Å²) in [6.45, 7) is 0. The van der Waals surface area contributed by atoms with Gasteiger partial charge in [0.05, 0.1) is 5.69 Å². The highest BCUT2D eigenvalue weighted by molar-refractivity contribution is 5.85. The zero-order valence-corrected chi connectivity index (χ0v) is 12.2. The van der Waals surface area contributed by atoms with Crippen LogP contribution in [0.15, 0.2) is 53.5 Å². The van der Waals surface area contributed by atoms with Crippen LogP contribution in [-0.2, 0) is 0 Å². The number of nitrogens with zero attached hydrogens (tertiary/aromatic N) is 1. The number of nitrogens with one attached hydrogen (secondary N) is 1. The fraction of sp³-hybridized carbons (Fsp3) is 0. The summed E-state index contributed by atoms with van der Waals surface area (Å²) in [6.07, 6.45) is 0. The van der Waals surface area contributed by atoms with Gasteiger partial charge in [0, 0.05) is 17.1 Å². The van der Waals surface area contributed by atoms with Gasteiger partial charge in [-0.15, -0.1) is 24.8 Å². The second-order valence-electron chi connectivity index (χ2n) is 3.83. The van der Waals surface area contributed by atoms with Crippen molar-refractivity contribution in [1.82, 2.24) is 0 Å². The Kier molecular flexibility index (Phi) is 7.28. The molecule has 7 heteroatoms. The molecule has 5 nitrogen and oxygen atoms in total. The highest BCUT2D eigenvalue weighted by Gasteiger charge is 1.95. The van der Waals surface area contributed by atoms with Gasteiger partial charge in [0.1, 0.15) is 0 Å². The van der Waals surface area contributed by atoms with Crippen LogP contribution >= 0.6 is 24.8 Å². The molecule has 0 fully saturated rings. The maximum Gasteiger partial charge on any atom is 0.191 e. The number of hydrogen-bond acceptors (Lipinski definition) is 3. The van der Waals surface area contributed by atoms with E-state index in [2.05, 4.69) is 10.3 Å². The Morgan fingerprint density at radius 2 is 1.25 bits per heavy atom. The lowest BCUT2D eigenvalue weighted by atomic mass is 10.2. The second-order valence-corrected chi connectivity index (χ2v) is 3.83. The van der Waals surface area contributed by atoms with Gasteiger partial charge in [0.15, 0.2) is 5.96 Å². The van der Waals surface area contributed by atoms with Gasteiger partial charge in [-0.2, -0.15) is 0 Å². The lowest BCUT2D eigenvalue weighted by Gasteiger charge is -2.06. The number of nitrogen functional groups attached to an aromatic ring is 1. The third kappa shape index (κ3) is 5.26. The smallest absolute Gasteiger partial charge is 0.191 e. The summed E-state index contributed by atoms with van der Waals surface area (Å²) in [7, 11) is 0. The van der Waals surface area contributed by atoms with Crippen LogP contribution in [0.2, 0.25) is 0 Å². The number of rotatable bonds is 3. The number of guanidine groups is 1. The fourth-order valence-corrected chi connectivity index (χ4v) is 1.50. The molecule has 2 rings (SSSR count). The van der Waals surface area contributed by atoms with Crippen molar-refractivity contribution in [3.05, 3.63) is 48.5 Å². The Morgan fingerprint density at radius 3 is 1.70 bits per heavy atom. The Bertz CT molecular complexity index is 548. The number of benzene rings is 2. The second kappa shape index (κ2) is 8.14.